The molecule has 6 unspecified atom stereocenters. The number of rotatable bonds is 60. The van der Waals surface area contributed by atoms with Crippen LogP contribution >= 0.6 is 0 Å². The molecule has 0 aromatic carbocycles. The van der Waals surface area contributed by atoms with E-state index in [0.717, 1.165) is 77.3 Å². The van der Waals surface area contributed by atoms with Crippen molar-refractivity contribution < 1.29 is 111 Å². The van der Waals surface area contributed by atoms with Crippen LogP contribution in [0.3, 0.4) is 0 Å². The molecule has 3 fully saturated rings. The van der Waals surface area contributed by atoms with E-state index in [0.29, 0.717) is 11.0 Å². The molecule has 100 heavy (non-hydrogen) atoms. The highest BCUT2D eigenvalue weighted by Gasteiger charge is 2.50. The first-order chi connectivity index (χ1) is 46.7. The maximum absolute atomic E-state index is 13.3. The highest BCUT2D eigenvalue weighted by atomic mass is 32.2. The molecule has 0 aromatic rings. The quantitative estimate of drug-likeness (QED) is 0.0182. The molecule has 3 rings (SSSR count). The molecule has 6 atom stereocenters. The smallest absolute Gasteiger partial charge is 0.391 e. The molecule has 0 aliphatic carbocycles. The first-order valence-electron chi connectivity index (χ1n) is 36.7. The molecular formula is C62H130N7O24S6Si+. The van der Waals surface area contributed by atoms with E-state index < -0.39 is 141 Å². The standard InChI is InChI=1S/C62H129N7O24S6Si/c1-4-6-8-10-12-14-16-18-20-22-24-26-41-69(3,42-27-25-23-21-19-17-15-13-11-9-7-5-2)43-28-44-100(91-60(54-97(82,83)84)48-66-35-29-63(30-36-66)45-57(70)51-94(73,74)75,92-61(55-98(85,86)87)49-67-37-31-64(32-38-67)46-58(71)52-95(76,77)78)93-62(56-99(88,89)90)50-68-39-33-65(34-40-68)47-59(72)53-96(79,80)81/h57-62,70-72H,4-56H2,1-3H3,(H5-,73,74,75,76,77,78,79,80,81,82,83,84,85,86,87,88,89,90)/p+1. The Morgan fingerprint density at radius 2 is 0.490 bits per heavy atom. The van der Waals surface area contributed by atoms with Crippen molar-refractivity contribution in [2.24, 2.45) is 0 Å². The summed E-state index contributed by atoms with van der Waals surface area (Å²) < 4.78 is 232. The molecule has 0 saturated carbocycles. The lowest BCUT2D eigenvalue weighted by atomic mass is 10.0. The summed E-state index contributed by atoms with van der Waals surface area (Å²) in [5.41, 5.74) is 0. The molecule has 3 aliphatic rings. The van der Waals surface area contributed by atoms with E-state index in [1.54, 1.807) is 29.4 Å². The van der Waals surface area contributed by atoms with Gasteiger partial charge in [0.2, 0.25) is 0 Å². The Balaban J connectivity index is 2.19. The average molecular weight is 1580 g/mol. The molecule has 596 valence electrons. The Morgan fingerprint density at radius 1 is 0.300 bits per heavy atom. The maximum atomic E-state index is 13.3. The van der Waals surface area contributed by atoms with Crippen molar-refractivity contribution in [1.82, 2.24) is 29.4 Å². The second-order valence-electron chi connectivity index (χ2n) is 28.8. The predicted octanol–water partition coefficient (Wildman–Crippen LogP) is 3.58. The number of unbranched alkanes of at least 4 members (excludes halogenated alkanes) is 22. The van der Waals surface area contributed by atoms with Crippen molar-refractivity contribution in [1.29, 1.82) is 0 Å². The fourth-order valence-corrected chi connectivity index (χ4v) is 21.1. The molecule has 0 radical (unpaired) electrons. The van der Waals surface area contributed by atoms with E-state index in [9.17, 15) is 93.1 Å². The van der Waals surface area contributed by atoms with Gasteiger partial charge in [0.25, 0.3) is 60.7 Å². The van der Waals surface area contributed by atoms with E-state index in [-0.39, 0.29) is 130 Å². The van der Waals surface area contributed by atoms with Gasteiger partial charge in [-0.25, -0.2) is 0 Å². The summed E-state index contributed by atoms with van der Waals surface area (Å²) in [6.07, 6.45) is 18.7. The number of aliphatic hydroxyl groups is 3. The maximum Gasteiger partial charge on any atom is 0.502 e. The van der Waals surface area contributed by atoms with Gasteiger partial charge in [-0.1, -0.05) is 142 Å². The Labute approximate surface area is 602 Å². The van der Waals surface area contributed by atoms with Crippen LogP contribution in [0.25, 0.3) is 0 Å². The molecule has 0 spiro atoms. The predicted molar refractivity (Wildman–Crippen MR) is 388 cm³/mol. The van der Waals surface area contributed by atoms with Crippen molar-refractivity contribution in [2.45, 2.75) is 217 Å². The molecule has 9 N–H and O–H groups in total. The lowest BCUT2D eigenvalue weighted by molar-refractivity contribution is -0.910. The molecular weight excluding hydrogens is 1450 g/mol. The Hall–Kier alpha value is -0.843. The van der Waals surface area contributed by atoms with Crippen LogP contribution in [-0.4, -0.2) is 351 Å². The average Bonchev–Trinajstić information content (AvgIpc) is 0.803. The van der Waals surface area contributed by atoms with Crippen LogP contribution in [0.15, 0.2) is 0 Å². The van der Waals surface area contributed by atoms with E-state index in [1.165, 1.54) is 89.9 Å². The monoisotopic (exact) mass is 1580 g/mol. The summed E-state index contributed by atoms with van der Waals surface area (Å²) in [6, 6.07) is -0.234. The summed E-state index contributed by atoms with van der Waals surface area (Å²) in [4.78, 5) is 10.5. The zero-order valence-corrected chi connectivity index (χ0v) is 66.1. The summed E-state index contributed by atoms with van der Waals surface area (Å²) in [7, 11) is -31.4. The van der Waals surface area contributed by atoms with Crippen LogP contribution in [0.4, 0.5) is 0 Å². The lowest BCUT2D eigenvalue weighted by Gasteiger charge is -2.43. The minimum atomic E-state index is -5.04. The molecule has 38 heteroatoms. The van der Waals surface area contributed by atoms with Crippen molar-refractivity contribution in [2.75, 3.05) is 179 Å². The van der Waals surface area contributed by atoms with E-state index in [4.69, 9.17) is 13.3 Å². The van der Waals surface area contributed by atoms with Gasteiger partial charge in [-0.05, 0) is 25.7 Å². The third kappa shape index (κ3) is 48.5. The van der Waals surface area contributed by atoms with Crippen LogP contribution in [0.2, 0.25) is 6.04 Å². The van der Waals surface area contributed by atoms with E-state index in [1.807, 2.05) is 0 Å². The van der Waals surface area contributed by atoms with Crippen molar-refractivity contribution in [3.63, 3.8) is 0 Å². The molecule has 3 saturated heterocycles. The first kappa shape index (κ1) is 93.4. The third-order valence-electron chi connectivity index (χ3n) is 18.9. The molecule has 31 nitrogen and oxygen atoms in total. The zero-order valence-electron chi connectivity index (χ0n) is 60.2. The van der Waals surface area contributed by atoms with Crippen LogP contribution < -0.4 is 0 Å². The summed E-state index contributed by atoms with van der Waals surface area (Å²) in [5, 5.41) is 31.5. The first-order valence-corrected chi connectivity index (χ1v) is 48.3. The number of β-amino-alcohol motifs (C(OH)–C–C–N with tert-alkyl or cyclic N) is 3. The minimum absolute atomic E-state index is 0.146. The summed E-state index contributed by atoms with van der Waals surface area (Å²) >= 11 is 0. The highest BCUT2D eigenvalue weighted by molar-refractivity contribution is 7.87. The van der Waals surface area contributed by atoms with Crippen molar-refractivity contribution >= 4 is 69.5 Å². The van der Waals surface area contributed by atoms with Crippen LogP contribution in [-0.2, 0) is 74.0 Å². The fraction of sp³-hybridized carbons (Fsp3) is 1.00. The minimum Gasteiger partial charge on any atom is -0.391 e. The van der Waals surface area contributed by atoms with Crippen molar-refractivity contribution in [3.05, 3.63) is 0 Å². The SMILES string of the molecule is CCCCCCCCCCCCCC[N+](C)(CCCCCCCCCCCCCC)CCC[Si](OC(CN1CCN(CC(O)CS(=O)(=O)O)CC1)CS(=O)(=O)O)(OC(CN1CCN(CC(O)CS(=O)(=O)O)CC1)CS(=O)(=O)O)OC(CN1CCN(CC(O)CS(=O)(=O)O)CC1)CS(=O)(=O)O. The molecule has 0 amide bonds. The highest BCUT2D eigenvalue weighted by Crippen LogP contribution is 2.30. The van der Waals surface area contributed by atoms with E-state index in [2.05, 4.69) is 20.9 Å². The van der Waals surface area contributed by atoms with Gasteiger partial charge in [0.1, 0.15) is 34.5 Å². The van der Waals surface area contributed by atoms with Crippen LogP contribution in [0.1, 0.15) is 174 Å². The number of hydrogen-bond donors (Lipinski definition) is 9. The van der Waals surface area contributed by atoms with Gasteiger partial charge in [-0.15, -0.1) is 0 Å². The normalized spacial score (nSPS) is 19.6. The van der Waals surface area contributed by atoms with Gasteiger partial charge < -0.3 is 33.1 Å². The Morgan fingerprint density at radius 3 is 0.700 bits per heavy atom. The Bertz CT molecular complexity index is 2640. The van der Waals surface area contributed by atoms with Gasteiger partial charge in [0.05, 0.1) is 63.3 Å². The largest absolute Gasteiger partial charge is 0.502 e. The third-order valence-corrected chi connectivity index (χ3v) is 26.7. The second-order valence-corrected chi connectivity index (χ2v) is 40.4. The summed E-state index contributed by atoms with van der Waals surface area (Å²) in [5.74, 6) is -6.06. The number of piperazine rings is 3. The zero-order chi connectivity index (χ0) is 74.5. The van der Waals surface area contributed by atoms with Gasteiger partial charge in [0.15, 0.2) is 0 Å². The molecule has 3 heterocycles. The van der Waals surface area contributed by atoms with Gasteiger partial charge in [0, 0.05) is 130 Å². The molecule has 3 aliphatic heterocycles. The lowest BCUT2D eigenvalue weighted by Crippen LogP contribution is -2.61. The number of aliphatic hydroxyl groups excluding tert-OH is 3. The van der Waals surface area contributed by atoms with Crippen LogP contribution in [0.5, 0.6) is 0 Å². The Kier molecular flexibility index (Phi) is 44.7. The number of quaternary nitrogens is 1. The number of nitrogens with zero attached hydrogens (tertiary/aromatic N) is 7. The second kappa shape index (κ2) is 47.8. The van der Waals surface area contributed by atoms with E-state index >= 15 is 0 Å². The van der Waals surface area contributed by atoms with Crippen LogP contribution in [0, 0.1) is 0 Å². The molecule has 0 aromatic heterocycles. The number of hydrogen-bond acceptors (Lipinski definition) is 24. The van der Waals surface area contributed by atoms with Gasteiger partial charge in [-0.2, -0.15) is 50.5 Å². The topological polar surface area (TPSA) is 434 Å². The molecule has 0 bridgehead atoms. The summed E-state index contributed by atoms with van der Waals surface area (Å²) in [6.45, 7) is 7.20. The van der Waals surface area contributed by atoms with Crippen molar-refractivity contribution in [3.8, 4) is 0 Å². The van der Waals surface area contributed by atoms with Gasteiger partial charge in [-0.3, -0.25) is 56.7 Å². The van der Waals surface area contributed by atoms with Gasteiger partial charge >= 0.3 is 8.80 Å². The fourth-order valence-electron chi connectivity index (χ4n) is 13.9.